The van der Waals surface area contributed by atoms with Gasteiger partial charge in [-0.05, 0) is 32.0 Å². The number of nitrogens with zero attached hydrogens (tertiary/aromatic N) is 1. The van der Waals surface area contributed by atoms with Crippen molar-refractivity contribution in [2.75, 3.05) is 20.1 Å². The number of benzene rings is 1. The number of hydrogen-bond acceptors (Lipinski definition) is 3. The van der Waals surface area contributed by atoms with E-state index in [9.17, 15) is 4.79 Å². The number of ether oxygens (including phenoxy) is 1. The van der Waals surface area contributed by atoms with Crippen LogP contribution in [-0.2, 0) is 4.74 Å². The Morgan fingerprint density at radius 2 is 2.11 bits per heavy atom. The maximum atomic E-state index is 12.1. The minimum Gasteiger partial charge on any atom is -0.458 e. The van der Waals surface area contributed by atoms with Crippen LogP contribution in [0, 0.1) is 5.92 Å². The molecule has 1 aliphatic rings. The van der Waals surface area contributed by atoms with Crippen LogP contribution in [0.4, 0.5) is 0 Å². The normalized spacial score (nSPS) is 24.1. The highest BCUT2D eigenvalue weighted by atomic mass is 16.5. The van der Waals surface area contributed by atoms with Gasteiger partial charge < -0.3 is 9.64 Å². The number of carbonyl (C=O) groups is 1. The molecule has 1 aromatic rings. The summed E-state index contributed by atoms with van der Waals surface area (Å²) in [5, 5.41) is 0. The van der Waals surface area contributed by atoms with Crippen molar-refractivity contribution in [1.82, 2.24) is 4.90 Å². The van der Waals surface area contributed by atoms with E-state index < -0.39 is 0 Å². The Balaban J connectivity index is 1.98. The Morgan fingerprint density at radius 1 is 1.37 bits per heavy atom. The van der Waals surface area contributed by atoms with Crippen molar-refractivity contribution in [3.05, 3.63) is 35.9 Å². The van der Waals surface area contributed by atoms with Crippen LogP contribution in [0.15, 0.2) is 30.3 Å². The van der Waals surface area contributed by atoms with Crippen molar-refractivity contribution < 1.29 is 9.53 Å². The van der Waals surface area contributed by atoms with Crippen molar-refractivity contribution in [2.45, 2.75) is 32.3 Å². The summed E-state index contributed by atoms with van der Waals surface area (Å²) in [6.07, 6.45) is 3.28. The van der Waals surface area contributed by atoms with Crippen LogP contribution in [0.25, 0.3) is 0 Å². The van der Waals surface area contributed by atoms with Gasteiger partial charge in [0.15, 0.2) is 0 Å². The predicted molar refractivity (Wildman–Crippen MR) is 76.2 cm³/mol. The van der Waals surface area contributed by atoms with E-state index in [-0.39, 0.29) is 12.1 Å². The summed E-state index contributed by atoms with van der Waals surface area (Å²) in [6.45, 7) is 4.22. The molecule has 104 valence electrons. The van der Waals surface area contributed by atoms with Gasteiger partial charge in [-0.25, -0.2) is 4.79 Å². The fraction of sp³-hybridized carbons (Fsp3) is 0.562. The molecule has 0 aliphatic carbocycles. The van der Waals surface area contributed by atoms with Gasteiger partial charge in [0.25, 0.3) is 0 Å². The van der Waals surface area contributed by atoms with E-state index in [1.165, 1.54) is 0 Å². The van der Waals surface area contributed by atoms with E-state index in [1.807, 2.05) is 30.3 Å². The summed E-state index contributed by atoms with van der Waals surface area (Å²) in [6, 6.07) is 9.27. The van der Waals surface area contributed by atoms with Crippen LogP contribution in [0.1, 0.15) is 36.5 Å². The first-order chi connectivity index (χ1) is 9.20. The van der Waals surface area contributed by atoms with E-state index in [2.05, 4.69) is 18.9 Å². The van der Waals surface area contributed by atoms with Gasteiger partial charge in [0, 0.05) is 19.0 Å². The molecule has 3 nitrogen and oxygen atoms in total. The van der Waals surface area contributed by atoms with Crippen LogP contribution in [0.3, 0.4) is 0 Å². The Hall–Kier alpha value is -1.35. The molecule has 1 fully saturated rings. The Morgan fingerprint density at radius 3 is 2.79 bits per heavy atom. The smallest absolute Gasteiger partial charge is 0.338 e. The summed E-state index contributed by atoms with van der Waals surface area (Å²) < 4.78 is 5.73. The first kappa shape index (κ1) is 14.1. The molecular weight excluding hydrogens is 238 g/mol. The molecule has 1 aromatic carbocycles. The quantitative estimate of drug-likeness (QED) is 0.780. The fourth-order valence-electron chi connectivity index (χ4n) is 2.78. The van der Waals surface area contributed by atoms with Gasteiger partial charge in [-0.1, -0.05) is 31.5 Å². The maximum Gasteiger partial charge on any atom is 0.338 e. The summed E-state index contributed by atoms with van der Waals surface area (Å²) in [5.74, 6) is 0.285. The molecule has 0 saturated carbocycles. The first-order valence-corrected chi connectivity index (χ1v) is 7.15. The Labute approximate surface area is 115 Å². The van der Waals surface area contributed by atoms with Gasteiger partial charge in [0.2, 0.25) is 0 Å². The lowest BCUT2D eigenvalue weighted by atomic mass is 9.91. The second-order valence-electron chi connectivity index (χ2n) is 5.41. The third-order valence-electron chi connectivity index (χ3n) is 3.79. The summed E-state index contributed by atoms with van der Waals surface area (Å²) >= 11 is 0. The minimum absolute atomic E-state index is 0.0730. The van der Waals surface area contributed by atoms with Crippen LogP contribution in [-0.4, -0.2) is 37.1 Å². The monoisotopic (exact) mass is 261 g/mol. The van der Waals surface area contributed by atoms with Gasteiger partial charge in [0.1, 0.15) is 6.10 Å². The first-order valence-electron chi connectivity index (χ1n) is 7.15. The summed E-state index contributed by atoms with van der Waals surface area (Å²) in [4.78, 5) is 14.4. The molecule has 1 aliphatic heterocycles. The summed E-state index contributed by atoms with van der Waals surface area (Å²) in [5.41, 5.74) is 0.650. The minimum atomic E-state index is -0.184. The number of rotatable bonds is 4. The van der Waals surface area contributed by atoms with Crippen LogP contribution in [0.2, 0.25) is 0 Å². The number of piperidine rings is 1. The van der Waals surface area contributed by atoms with E-state index in [1.54, 1.807) is 0 Å². The fourth-order valence-corrected chi connectivity index (χ4v) is 2.78. The number of esters is 1. The van der Waals surface area contributed by atoms with Crippen LogP contribution in [0.5, 0.6) is 0 Å². The maximum absolute atomic E-state index is 12.1. The molecule has 3 heteroatoms. The molecule has 0 N–H and O–H groups in total. The number of hydrogen-bond donors (Lipinski definition) is 0. The highest BCUT2D eigenvalue weighted by Gasteiger charge is 2.30. The zero-order valence-corrected chi connectivity index (χ0v) is 11.8. The molecule has 0 amide bonds. The second kappa shape index (κ2) is 6.71. The van der Waals surface area contributed by atoms with Gasteiger partial charge in [-0.15, -0.1) is 0 Å². The molecule has 2 atom stereocenters. The van der Waals surface area contributed by atoms with E-state index >= 15 is 0 Å². The molecule has 0 aromatic heterocycles. The van der Waals surface area contributed by atoms with Gasteiger partial charge in [0.05, 0.1) is 5.56 Å². The second-order valence-corrected chi connectivity index (χ2v) is 5.41. The average Bonchev–Trinajstić information content (AvgIpc) is 2.43. The van der Waals surface area contributed by atoms with E-state index in [0.29, 0.717) is 11.5 Å². The summed E-state index contributed by atoms with van der Waals surface area (Å²) in [7, 11) is 2.14. The van der Waals surface area contributed by atoms with Gasteiger partial charge in [-0.2, -0.15) is 0 Å². The van der Waals surface area contributed by atoms with Crippen molar-refractivity contribution in [2.24, 2.45) is 5.92 Å². The molecule has 0 radical (unpaired) electrons. The predicted octanol–water partition coefficient (Wildman–Crippen LogP) is 2.96. The zero-order valence-electron chi connectivity index (χ0n) is 11.8. The van der Waals surface area contributed by atoms with Crippen molar-refractivity contribution >= 4 is 5.97 Å². The molecule has 1 saturated heterocycles. The van der Waals surface area contributed by atoms with Crippen molar-refractivity contribution in [3.8, 4) is 0 Å². The lowest BCUT2D eigenvalue weighted by molar-refractivity contribution is -0.0129. The Bertz CT molecular complexity index is 404. The van der Waals surface area contributed by atoms with E-state index in [0.717, 1.165) is 32.4 Å². The lowest BCUT2D eigenvalue weighted by Crippen LogP contribution is -2.43. The van der Waals surface area contributed by atoms with Crippen LogP contribution < -0.4 is 0 Å². The molecule has 2 unspecified atom stereocenters. The number of carbonyl (C=O) groups excluding carboxylic acids is 1. The molecule has 0 spiro atoms. The van der Waals surface area contributed by atoms with Crippen LogP contribution >= 0.6 is 0 Å². The largest absolute Gasteiger partial charge is 0.458 e. The highest BCUT2D eigenvalue weighted by molar-refractivity contribution is 5.89. The molecule has 19 heavy (non-hydrogen) atoms. The SMILES string of the molecule is CCCC1CN(C)CCC1OC(=O)c1ccccc1. The highest BCUT2D eigenvalue weighted by Crippen LogP contribution is 2.24. The van der Waals surface area contributed by atoms with E-state index in [4.69, 9.17) is 4.74 Å². The third-order valence-corrected chi connectivity index (χ3v) is 3.79. The van der Waals surface area contributed by atoms with Gasteiger partial charge in [-0.3, -0.25) is 0 Å². The number of likely N-dealkylation sites (tertiary alicyclic amines) is 1. The molecular formula is C16H23NO2. The van der Waals surface area contributed by atoms with Crippen molar-refractivity contribution in [1.29, 1.82) is 0 Å². The molecule has 2 rings (SSSR count). The average molecular weight is 261 g/mol. The molecule has 1 heterocycles. The Kier molecular flexibility index (Phi) is 4.97. The topological polar surface area (TPSA) is 29.5 Å². The molecule has 0 bridgehead atoms. The standard InChI is InChI=1S/C16H23NO2/c1-3-7-14-12-17(2)11-10-15(14)19-16(18)13-8-5-4-6-9-13/h4-6,8-9,14-15H,3,7,10-12H2,1-2H3. The third kappa shape index (κ3) is 3.80. The van der Waals surface area contributed by atoms with Crippen molar-refractivity contribution in [3.63, 3.8) is 0 Å². The zero-order chi connectivity index (χ0) is 13.7. The van der Waals surface area contributed by atoms with Gasteiger partial charge >= 0.3 is 5.97 Å². The lowest BCUT2D eigenvalue weighted by Gasteiger charge is -2.36.